The molecule has 0 heterocycles. The SMILES string of the molecule is CCCCCCCCCCCCCCCCCC(=O)[O-].CCCC[O-].CCCC[O-].CCCC[O-].[V+4]. The molecular weight excluding hydrogens is 491 g/mol. The van der Waals surface area contributed by atoms with E-state index in [-0.39, 0.29) is 44.8 Å². The molecule has 0 N–H and O–H groups in total. The van der Waals surface area contributed by atoms with E-state index in [1.165, 1.54) is 83.5 Å². The molecule has 0 bridgehead atoms. The van der Waals surface area contributed by atoms with Gasteiger partial charge in [-0.25, -0.2) is 0 Å². The molecule has 0 saturated carbocycles. The van der Waals surface area contributed by atoms with E-state index in [0.29, 0.717) is 0 Å². The molecule has 36 heavy (non-hydrogen) atoms. The second kappa shape index (κ2) is 51.6. The minimum Gasteiger partial charge on any atom is -0.854 e. The van der Waals surface area contributed by atoms with E-state index in [1.54, 1.807) is 0 Å². The molecule has 6 heteroatoms. The largest absolute Gasteiger partial charge is 4.00 e. The summed E-state index contributed by atoms with van der Waals surface area (Å²) in [4.78, 5) is 10.2. The topological polar surface area (TPSA) is 109 Å². The van der Waals surface area contributed by atoms with Crippen molar-refractivity contribution in [1.29, 1.82) is 0 Å². The summed E-state index contributed by atoms with van der Waals surface area (Å²) in [5, 5.41) is 38.8. The zero-order valence-electron chi connectivity index (χ0n) is 24.7. The Kier molecular flexibility index (Phi) is 65.6. The number of carbonyl (C=O) groups is 1. The van der Waals surface area contributed by atoms with E-state index in [0.717, 1.165) is 51.4 Å². The Hall–Kier alpha value is -0.0656. The van der Waals surface area contributed by atoms with Crippen molar-refractivity contribution in [3.8, 4) is 0 Å². The van der Waals surface area contributed by atoms with Crippen LogP contribution in [0, 0.1) is 0 Å². The monoisotopic (exact) mass is 553 g/mol. The van der Waals surface area contributed by atoms with Crippen LogP contribution in [0.25, 0.3) is 0 Å². The van der Waals surface area contributed by atoms with Crippen molar-refractivity contribution in [2.24, 2.45) is 0 Å². The zero-order chi connectivity index (χ0) is 27.3. The van der Waals surface area contributed by atoms with Gasteiger partial charge in [-0.1, -0.05) is 156 Å². The van der Waals surface area contributed by atoms with Crippen LogP contribution in [0.15, 0.2) is 0 Å². The summed E-state index contributed by atoms with van der Waals surface area (Å²) in [6.45, 7) is 8.58. The van der Waals surface area contributed by atoms with Crippen molar-refractivity contribution in [1.82, 2.24) is 0 Å². The van der Waals surface area contributed by atoms with Crippen molar-refractivity contribution in [3.63, 3.8) is 0 Å². The maximum Gasteiger partial charge on any atom is 4.00 e. The standard InChI is InChI=1S/C18H36O2.3C4H9O.V/c1-2-3-4-5-6-7-8-9-10-11-12-13-14-15-16-17-18(19)20;3*1-2-3-4-5;/h2-17H2,1H3,(H,19,20);3*2-4H2,1H3;/q;3*-1;+4/p-1. The Morgan fingerprint density at radius 1 is 0.417 bits per heavy atom. The molecule has 0 aromatic carbocycles. The number of carbonyl (C=O) groups excluding carboxylic acids is 1. The first-order valence-electron chi connectivity index (χ1n) is 15.0. The Bertz CT molecular complexity index is 310. The fourth-order valence-electron chi connectivity index (χ4n) is 3.07. The molecule has 0 atom stereocenters. The average molecular weight is 554 g/mol. The molecule has 0 fully saturated rings. The van der Waals surface area contributed by atoms with E-state index < -0.39 is 5.97 Å². The molecule has 217 valence electrons. The third-order valence-corrected chi connectivity index (χ3v) is 5.48. The first kappa shape index (κ1) is 45.8. The van der Waals surface area contributed by atoms with Crippen LogP contribution < -0.4 is 20.4 Å². The van der Waals surface area contributed by atoms with Gasteiger partial charge >= 0.3 is 18.6 Å². The Morgan fingerprint density at radius 3 is 0.806 bits per heavy atom. The Labute approximate surface area is 238 Å². The van der Waals surface area contributed by atoms with Gasteiger partial charge in [-0.15, -0.1) is 19.8 Å². The summed E-state index contributed by atoms with van der Waals surface area (Å²) < 4.78 is 0. The summed E-state index contributed by atoms with van der Waals surface area (Å²) in [5.41, 5.74) is 0. The molecular formula is C30H62O5V. The number of carboxylic acid groups (broad SMARTS) is 1. The van der Waals surface area contributed by atoms with Crippen LogP contribution in [-0.2, 0) is 23.4 Å². The molecule has 0 aliphatic heterocycles. The molecule has 0 rings (SSSR count). The van der Waals surface area contributed by atoms with E-state index >= 15 is 0 Å². The smallest absolute Gasteiger partial charge is 0.854 e. The Balaban J connectivity index is -0.000000163. The summed E-state index contributed by atoms with van der Waals surface area (Å²) in [7, 11) is 0. The minimum absolute atomic E-state index is 0. The molecule has 0 amide bonds. The van der Waals surface area contributed by atoms with Gasteiger partial charge in [-0.2, -0.15) is 0 Å². The summed E-state index contributed by atoms with van der Waals surface area (Å²) in [5.74, 6) is -0.903. The van der Waals surface area contributed by atoms with Gasteiger partial charge in [0.1, 0.15) is 0 Å². The quantitative estimate of drug-likeness (QED) is 0.166. The summed E-state index contributed by atoms with van der Waals surface area (Å²) in [6.07, 6.45) is 25.5. The minimum atomic E-state index is -0.903. The van der Waals surface area contributed by atoms with Gasteiger partial charge in [0.05, 0.1) is 0 Å². The van der Waals surface area contributed by atoms with Crippen molar-refractivity contribution < 1.29 is 43.8 Å². The van der Waals surface area contributed by atoms with Gasteiger partial charge in [0.2, 0.25) is 0 Å². The Morgan fingerprint density at radius 2 is 0.639 bits per heavy atom. The maximum absolute atomic E-state index is 10.2. The molecule has 0 aliphatic carbocycles. The van der Waals surface area contributed by atoms with Gasteiger partial charge in [0.25, 0.3) is 0 Å². The first-order valence-corrected chi connectivity index (χ1v) is 15.0. The number of rotatable bonds is 22. The van der Waals surface area contributed by atoms with Gasteiger partial charge in [-0.3, -0.25) is 0 Å². The predicted molar refractivity (Wildman–Crippen MR) is 144 cm³/mol. The first-order chi connectivity index (χ1) is 17.0. The fraction of sp³-hybridized carbons (Fsp3) is 0.967. The van der Waals surface area contributed by atoms with Gasteiger partial charge in [0.15, 0.2) is 0 Å². The van der Waals surface area contributed by atoms with E-state index in [2.05, 4.69) is 6.92 Å². The molecule has 0 aliphatic rings. The van der Waals surface area contributed by atoms with Gasteiger partial charge in [-0.05, 0) is 12.8 Å². The molecule has 5 nitrogen and oxygen atoms in total. The van der Waals surface area contributed by atoms with Gasteiger partial charge < -0.3 is 25.2 Å². The summed E-state index contributed by atoms with van der Waals surface area (Å²) in [6, 6.07) is 0. The molecule has 0 aromatic rings. The summed E-state index contributed by atoms with van der Waals surface area (Å²) >= 11 is 0. The normalized spacial score (nSPS) is 9.53. The number of carboxylic acids is 1. The predicted octanol–water partition coefficient (Wildman–Crippen LogP) is 5.44. The van der Waals surface area contributed by atoms with E-state index in [4.69, 9.17) is 0 Å². The van der Waals surface area contributed by atoms with Crippen LogP contribution in [-0.4, -0.2) is 25.8 Å². The number of aliphatic carboxylic acids is 1. The molecule has 0 spiro atoms. The van der Waals surface area contributed by atoms with Crippen molar-refractivity contribution >= 4 is 5.97 Å². The molecule has 0 unspecified atom stereocenters. The fourth-order valence-corrected chi connectivity index (χ4v) is 3.07. The van der Waals surface area contributed by atoms with Gasteiger partial charge in [0, 0.05) is 5.97 Å². The molecule has 0 saturated heterocycles. The molecule has 1 radical (unpaired) electrons. The second-order valence-electron chi connectivity index (χ2n) is 9.24. The number of hydrogen-bond donors (Lipinski definition) is 0. The third-order valence-electron chi connectivity index (χ3n) is 5.48. The average Bonchev–Trinajstić information content (AvgIpc) is 2.84. The van der Waals surface area contributed by atoms with Crippen molar-refractivity contribution in [2.75, 3.05) is 19.8 Å². The second-order valence-corrected chi connectivity index (χ2v) is 9.24. The van der Waals surface area contributed by atoms with Crippen molar-refractivity contribution in [2.45, 2.75) is 169 Å². The maximum atomic E-state index is 10.2. The third kappa shape index (κ3) is 70.0. The van der Waals surface area contributed by atoms with Crippen LogP contribution in [0.3, 0.4) is 0 Å². The van der Waals surface area contributed by atoms with Crippen LogP contribution in [0.1, 0.15) is 169 Å². The molecule has 0 aromatic heterocycles. The van der Waals surface area contributed by atoms with Crippen molar-refractivity contribution in [3.05, 3.63) is 0 Å². The van der Waals surface area contributed by atoms with E-state index in [1.807, 2.05) is 20.8 Å². The van der Waals surface area contributed by atoms with Crippen LogP contribution in [0.2, 0.25) is 0 Å². The zero-order valence-corrected chi connectivity index (χ0v) is 26.1. The van der Waals surface area contributed by atoms with Crippen LogP contribution >= 0.6 is 0 Å². The number of unbranched alkanes of at least 4 members (excludes halogenated alkanes) is 17. The van der Waals surface area contributed by atoms with Crippen LogP contribution in [0.4, 0.5) is 0 Å². The van der Waals surface area contributed by atoms with Crippen LogP contribution in [0.5, 0.6) is 0 Å². The number of hydrogen-bond acceptors (Lipinski definition) is 5. The van der Waals surface area contributed by atoms with E-state index in [9.17, 15) is 25.2 Å².